The molecule has 0 spiro atoms. The summed E-state index contributed by atoms with van der Waals surface area (Å²) < 4.78 is 0. The van der Waals surface area contributed by atoms with Gasteiger partial charge in [0.25, 0.3) is 0 Å². The normalized spacial score (nSPS) is 10.6. The van der Waals surface area contributed by atoms with E-state index >= 15 is 0 Å². The van der Waals surface area contributed by atoms with Crippen molar-refractivity contribution in [3.63, 3.8) is 0 Å². The average molecular weight is 401 g/mol. The lowest BCUT2D eigenvalue weighted by Gasteiger charge is -2.22. The fourth-order valence-corrected chi connectivity index (χ4v) is 3.17. The maximum atomic E-state index is 6.07. The Kier molecular flexibility index (Phi) is 6.51. The number of nitrogens with one attached hydrogen (secondary N) is 2. The number of hydrogen-bond donors (Lipinski definition) is 2. The molecule has 0 radical (unpaired) electrons. The van der Waals surface area contributed by atoms with E-state index in [1.165, 1.54) is 0 Å². The highest BCUT2D eigenvalue weighted by molar-refractivity contribution is 7.80. The van der Waals surface area contributed by atoms with E-state index in [0.717, 1.165) is 16.7 Å². The molecule has 26 heavy (non-hydrogen) atoms. The molecule has 0 unspecified atom stereocenters. The summed E-state index contributed by atoms with van der Waals surface area (Å²) in [5, 5.41) is 8.30. The topological polar surface area (TPSA) is 24.1 Å². The molecule has 3 aromatic rings. The fraction of sp³-hybridized carbons (Fsp3) is 0.0952. The molecule has 2 N–H and O–H groups in total. The van der Waals surface area contributed by atoms with Crippen LogP contribution in [0.4, 0.5) is 0 Å². The Balaban J connectivity index is 1.70. The van der Waals surface area contributed by atoms with Gasteiger partial charge >= 0.3 is 0 Å². The van der Waals surface area contributed by atoms with Crippen molar-refractivity contribution in [2.75, 3.05) is 0 Å². The van der Waals surface area contributed by atoms with Crippen LogP contribution in [0, 0.1) is 0 Å². The second-order valence-corrected chi connectivity index (χ2v) is 7.05. The lowest BCUT2D eigenvalue weighted by atomic mass is 9.99. The highest BCUT2D eigenvalue weighted by Crippen LogP contribution is 2.23. The van der Waals surface area contributed by atoms with Gasteiger partial charge in [-0.3, -0.25) is 0 Å². The molecule has 5 heteroatoms. The van der Waals surface area contributed by atoms with Crippen molar-refractivity contribution >= 4 is 40.5 Å². The van der Waals surface area contributed by atoms with E-state index in [1.807, 2.05) is 48.5 Å². The van der Waals surface area contributed by atoms with Crippen molar-refractivity contribution in [3.8, 4) is 0 Å². The molecular formula is C21H18Cl2N2S. The Labute approximate surface area is 169 Å². The van der Waals surface area contributed by atoms with Gasteiger partial charge in [-0.2, -0.15) is 0 Å². The van der Waals surface area contributed by atoms with Gasteiger partial charge in [-0.25, -0.2) is 0 Å². The third kappa shape index (κ3) is 4.98. The molecule has 0 aliphatic rings. The highest BCUT2D eigenvalue weighted by Gasteiger charge is 2.14. The number of rotatable bonds is 5. The summed E-state index contributed by atoms with van der Waals surface area (Å²) in [6.07, 6.45) is 0. The Morgan fingerprint density at radius 2 is 1.38 bits per heavy atom. The van der Waals surface area contributed by atoms with Gasteiger partial charge in [0.1, 0.15) is 0 Å². The smallest absolute Gasteiger partial charge is 0.167 e. The van der Waals surface area contributed by atoms with Crippen LogP contribution in [0.15, 0.2) is 78.9 Å². The molecular weight excluding hydrogens is 383 g/mol. The Bertz CT molecular complexity index is 830. The van der Waals surface area contributed by atoms with Crippen molar-refractivity contribution < 1.29 is 0 Å². The summed E-state index contributed by atoms with van der Waals surface area (Å²) in [7, 11) is 0. The quantitative estimate of drug-likeness (QED) is 0.533. The van der Waals surface area contributed by atoms with Crippen molar-refractivity contribution in [2.45, 2.75) is 12.6 Å². The summed E-state index contributed by atoms with van der Waals surface area (Å²) in [5.74, 6) is 0. The summed E-state index contributed by atoms with van der Waals surface area (Å²) >= 11 is 17.5. The van der Waals surface area contributed by atoms with Gasteiger partial charge in [-0.15, -0.1) is 0 Å². The van der Waals surface area contributed by atoms with E-state index in [-0.39, 0.29) is 6.04 Å². The highest BCUT2D eigenvalue weighted by atomic mass is 35.5. The first kappa shape index (κ1) is 18.7. The van der Waals surface area contributed by atoms with Gasteiger partial charge in [0.05, 0.1) is 16.1 Å². The largest absolute Gasteiger partial charge is 0.359 e. The van der Waals surface area contributed by atoms with E-state index in [9.17, 15) is 0 Å². The Morgan fingerprint density at radius 1 is 0.808 bits per heavy atom. The first-order chi connectivity index (χ1) is 12.6. The van der Waals surface area contributed by atoms with E-state index in [2.05, 4.69) is 34.9 Å². The van der Waals surface area contributed by atoms with Gasteiger partial charge in [-0.1, -0.05) is 89.9 Å². The minimum Gasteiger partial charge on any atom is -0.359 e. The number of thiocarbonyl (C=S) groups is 1. The molecule has 132 valence electrons. The zero-order valence-electron chi connectivity index (χ0n) is 14.0. The molecule has 0 bridgehead atoms. The van der Waals surface area contributed by atoms with Crippen LogP contribution in [0.25, 0.3) is 0 Å². The molecule has 0 aliphatic heterocycles. The molecule has 0 saturated carbocycles. The molecule has 0 atom stereocenters. The van der Waals surface area contributed by atoms with Crippen molar-refractivity contribution in [1.29, 1.82) is 0 Å². The summed E-state index contributed by atoms with van der Waals surface area (Å²) in [5.41, 5.74) is 3.31. The Morgan fingerprint density at radius 3 is 1.92 bits per heavy atom. The fourth-order valence-electron chi connectivity index (χ4n) is 2.66. The van der Waals surface area contributed by atoms with Gasteiger partial charge in [0.15, 0.2) is 5.11 Å². The number of hydrogen-bond acceptors (Lipinski definition) is 1. The van der Waals surface area contributed by atoms with Crippen LogP contribution in [0.2, 0.25) is 10.0 Å². The SMILES string of the molecule is S=C(NCc1ccc(Cl)c(Cl)c1)NC(c1ccccc1)c1ccccc1. The standard InChI is InChI=1S/C21H18Cl2N2S/c22-18-12-11-15(13-19(18)23)14-24-21(26)25-20(16-7-3-1-4-8-16)17-9-5-2-6-10-17/h1-13,20H,14H2,(H2,24,25,26). The maximum absolute atomic E-state index is 6.07. The molecule has 0 heterocycles. The zero-order valence-corrected chi connectivity index (χ0v) is 16.3. The molecule has 0 aliphatic carbocycles. The molecule has 3 aromatic carbocycles. The van der Waals surface area contributed by atoms with Crippen LogP contribution in [-0.2, 0) is 6.54 Å². The van der Waals surface area contributed by atoms with Gasteiger partial charge in [0, 0.05) is 6.54 Å². The van der Waals surface area contributed by atoms with E-state index in [0.29, 0.717) is 21.7 Å². The van der Waals surface area contributed by atoms with Crippen LogP contribution in [0.1, 0.15) is 22.7 Å². The Hall–Kier alpha value is -2.07. The molecule has 3 rings (SSSR count). The van der Waals surface area contributed by atoms with E-state index in [1.54, 1.807) is 6.07 Å². The second-order valence-electron chi connectivity index (χ2n) is 5.83. The predicted octanol–water partition coefficient (Wildman–Crippen LogP) is 5.75. The third-order valence-corrected chi connectivity index (χ3v) is 4.98. The lowest BCUT2D eigenvalue weighted by molar-refractivity contribution is 0.736. The van der Waals surface area contributed by atoms with Gasteiger partial charge in [0.2, 0.25) is 0 Å². The van der Waals surface area contributed by atoms with Crippen LogP contribution < -0.4 is 10.6 Å². The minimum absolute atomic E-state index is 0.0220. The van der Waals surface area contributed by atoms with Crippen LogP contribution >= 0.6 is 35.4 Å². The predicted molar refractivity (Wildman–Crippen MR) is 114 cm³/mol. The summed E-state index contributed by atoms with van der Waals surface area (Å²) in [4.78, 5) is 0. The van der Waals surface area contributed by atoms with E-state index < -0.39 is 0 Å². The van der Waals surface area contributed by atoms with Crippen molar-refractivity contribution in [3.05, 3.63) is 106 Å². The average Bonchev–Trinajstić information content (AvgIpc) is 2.68. The molecule has 0 amide bonds. The van der Waals surface area contributed by atoms with E-state index in [4.69, 9.17) is 35.4 Å². The second kappa shape index (κ2) is 9.04. The molecule has 2 nitrogen and oxygen atoms in total. The summed E-state index contributed by atoms with van der Waals surface area (Å²) in [6, 6.07) is 26.0. The first-order valence-electron chi connectivity index (χ1n) is 8.21. The molecule has 0 aromatic heterocycles. The number of halogens is 2. The first-order valence-corrected chi connectivity index (χ1v) is 9.38. The van der Waals surface area contributed by atoms with Crippen LogP contribution in [0.5, 0.6) is 0 Å². The zero-order chi connectivity index (χ0) is 18.4. The van der Waals surface area contributed by atoms with Crippen LogP contribution in [-0.4, -0.2) is 5.11 Å². The third-order valence-electron chi connectivity index (χ3n) is 3.98. The molecule has 0 saturated heterocycles. The molecule has 0 fully saturated rings. The van der Waals surface area contributed by atoms with Gasteiger partial charge < -0.3 is 10.6 Å². The summed E-state index contributed by atoms with van der Waals surface area (Å²) in [6.45, 7) is 0.568. The number of benzene rings is 3. The van der Waals surface area contributed by atoms with Crippen molar-refractivity contribution in [2.24, 2.45) is 0 Å². The minimum atomic E-state index is -0.0220. The lowest BCUT2D eigenvalue weighted by Crippen LogP contribution is -2.37. The van der Waals surface area contributed by atoms with Gasteiger partial charge in [-0.05, 0) is 41.0 Å². The monoisotopic (exact) mass is 400 g/mol. The van der Waals surface area contributed by atoms with Crippen molar-refractivity contribution in [1.82, 2.24) is 10.6 Å². The maximum Gasteiger partial charge on any atom is 0.167 e. The van der Waals surface area contributed by atoms with Crippen LogP contribution in [0.3, 0.4) is 0 Å².